The molecule has 1 aromatic rings. The number of rotatable bonds is 6. The van der Waals surface area contributed by atoms with Gasteiger partial charge in [0.1, 0.15) is 9.84 Å². The van der Waals surface area contributed by atoms with Gasteiger partial charge in [0.05, 0.1) is 5.75 Å². The lowest BCUT2D eigenvalue weighted by Crippen LogP contribution is -2.10. The Morgan fingerprint density at radius 1 is 1.33 bits per heavy atom. The quantitative estimate of drug-likeness (QED) is 0.640. The molecule has 0 spiro atoms. The van der Waals surface area contributed by atoms with Crippen LogP contribution in [0, 0.1) is 0 Å². The number of carbonyl (C=O) groups excluding carboxylic acids is 1. The number of nitrogens with two attached hydrogens (primary N) is 1. The van der Waals surface area contributed by atoms with Crippen molar-refractivity contribution in [3.05, 3.63) is 28.2 Å². The number of ketones is 1. The molecule has 18 heavy (non-hydrogen) atoms. The van der Waals surface area contributed by atoms with Crippen molar-refractivity contribution in [3.63, 3.8) is 0 Å². The van der Waals surface area contributed by atoms with Gasteiger partial charge in [-0.05, 0) is 24.6 Å². The summed E-state index contributed by atoms with van der Waals surface area (Å²) >= 11 is 3.26. The molecule has 0 atom stereocenters. The Hall–Kier alpha value is -0.880. The van der Waals surface area contributed by atoms with Crippen molar-refractivity contribution in [2.75, 3.05) is 17.2 Å². The van der Waals surface area contributed by atoms with Crippen molar-refractivity contribution in [1.82, 2.24) is 0 Å². The first-order valence-electron chi connectivity index (χ1n) is 5.64. The highest BCUT2D eigenvalue weighted by Crippen LogP contribution is 2.19. The second-order valence-electron chi connectivity index (χ2n) is 4.04. The molecule has 1 aromatic carbocycles. The number of anilines is 1. The van der Waals surface area contributed by atoms with Gasteiger partial charge in [-0.1, -0.05) is 22.9 Å². The molecule has 0 aliphatic carbocycles. The second-order valence-corrected chi connectivity index (χ2v) is 7.42. The number of hydrogen-bond acceptors (Lipinski definition) is 4. The van der Waals surface area contributed by atoms with Crippen molar-refractivity contribution in [1.29, 1.82) is 0 Å². The number of hydrogen-bond donors (Lipinski definition) is 1. The van der Waals surface area contributed by atoms with Crippen LogP contribution in [0.4, 0.5) is 5.69 Å². The first-order valence-corrected chi connectivity index (χ1v) is 8.25. The molecule has 0 aliphatic rings. The van der Waals surface area contributed by atoms with E-state index in [4.69, 9.17) is 5.73 Å². The Morgan fingerprint density at radius 2 is 2.00 bits per heavy atom. The van der Waals surface area contributed by atoms with Gasteiger partial charge in [0.25, 0.3) is 0 Å². The van der Waals surface area contributed by atoms with Crippen LogP contribution >= 0.6 is 15.9 Å². The van der Waals surface area contributed by atoms with Crippen molar-refractivity contribution in [2.45, 2.75) is 19.8 Å². The summed E-state index contributed by atoms with van der Waals surface area (Å²) in [6.45, 7) is 1.60. The average molecular weight is 334 g/mol. The summed E-state index contributed by atoms with van der Waals surface area (Å²) in [7, 11) is -3.00. The van der Waals surface area contributed by atoms with E-state index in [2.05, 4.69) is 15.9 Å². The van der Waals surface area contributed by atoms with Gasteiger partial charge in [-0.3, -0.25) is 4.79 Å². The van der Waals surface area contributed by atoms with E-state index in [1.807, 2.05) is 0 Å². The van der Waals surface area contributed by atoms with E-state index in [0.29, 0.717) is 17.7 Å². The minimum absolute atomic E-state index is 0.0543. The highest BCUT2D eigenvalue weighted by Gasteiger charge is 2.11. The standard InChI is InChI=1S/C12H16BrNO3S/c1-2-18(16,17)5-3-4-12(15)9-6-10(13)8-11(14)7-9/h6-8H,2-5,14H2,1H3. The summed E-state index contributed by atoms with van der Waals surface area (Å²) in [4.78, 5) is 11.9. The fraction of sp³-hybridized carbons (Fsp3) is 0.417. The fourth-order valence-corrected chi connectivity index (χ4v) is 2.90. The molecule has 0 amide bonds. The predicted octanol–water partition coefficient (Wildman–Crippen LogP) is 2.43. The lowest BCUT2D eigenvalue weighted by Gasteiger charge is -2.04. The first kappa shape index (κ1) is 15.2. The van der Waals surface area contributed by atoms with E-state index in [9.17, 15) is 13.2 Å². The minimum atomic E-state index is -3.00. The van der Waals surface area contributed by atoms with Gasteiger partial charge in [-0.2, -0.15) is 0 Å². The molecule has 0 saturated heterocycles. The molecule has 0 unspecified atom stereocenters. The Labute approximate surface area is 116 Å². The van der Waals surface area contributed by atoms with Gasteiger partial charge in [0.2, 0.25) is 0 Å². The number of benzene rings is 1. The molecule has 0 aromatic heterocycles. The summed E-state index contributed by atoms with van der Waals surface area (Å²) in [6.07, 6.45) is 0.566. The van der Waals surface area contributed by atoms with Crippen molar-refractivity contribution >= 4 is 37.2 Å². The zero-order valence-electron chi connectivity index (χ0n) is 10.1. The zero-order chi connectivity index (χ0) is 13.8. The molecular weight excluding hydrogens is 318 g/mol. The highest BCUT2D eigenvalue weighted by atomic mass is 79.9. The van der Waals surface area contributed by atoms with Crippen LogP contribution in [0.25, 0.3) is 0 Å². The maximum absolute atomic E-state index is 11.9. The molecule has 4 nitrogen and oxygen atoms in total. The number of halogens is 1. The topological polar surface area (TPSA) is 77.2 Å². The molecule has 0 saturated carbocycles. The van der Waals surface area contributed by atoms with Crippen molar-refractivity contribution < 1.29 is 13.2 Å². The number of carbonyl (C=O) groups is 1. The van der Waals surface area contributed by atoms with Gasteiger partial charge in [0, 0.05) is 27.9 Å². The summed E-state index contributed by atoms with van der Waals surface area (Å²) in [6, 6.07) is 4.99. The maximum atomic E-state index is 11.9. The summed E-state index contributed by atoms with van der Waals surface area (Å²) < 4.78 is 23.3. The van der Waals surface area contributed by atoms with Gasteiger partial charge < -0.3 is 5.73 Å². The van der Waals surface area contributed by atoms with Crippen LogP contribution < -0.4 is 5.73 Å². The van der Waals surface area contributed by atoms with Gasteiger partial charge in [0.15, 0.2) is 5.78 Å². The molecular formula is C12H16BrNO3S. The molecule has 0 aliphatic heterocycles. The van der Waals surface area contributed by atoms with Crippen LogP contribution in [0.1, 0.15) is 30.1 Å². The van der Waals surface area contributed by atoms with E-state index in [1.54, 1.807) is 25.1 Å². The smallest absolute Gasteiger partial charge is 0.163 e. The Kier molecular flexibility index (Phi) is 5.34. The number of nitrogen functional groups attached to an aromatic ring is 1. The lowest BCUT2D eigenvalue weighted by molar-refractivity contribution is 0.0982. The van der Waals surface area contributed by atoms with E-state index in [0.717, 1.165) is 4.47 Å². The van der Waals surface area contributed by atoms with E-state index in [-0.39, 0.29) is 23.7 Å². The van der Waals surface area contributed by atoms with Crippen molar-refractivity contribution in [2.24, 2.45) is 0 Å². The molecule has 1 rings (SSSR count). The Balaban J connectivity index is 2.61. The van der Waals surface area contributed by atoms with Crippen LogP contribution in [-0.4, -0.2) is 25.7 Å². The van der Waals surface area contributed by atoms with Gasteiger partial charge in [-0.25, -0.2) is 8.42 Å². The predicted molar refractivity (Wildman–Crippen MR) is 76.4 cm³/mol. The molecule has 0 fully saturated rings. The third kappa shape index (κ3) is 4.78. The third-order valence-corrected chi connectivity index (χ3v) is 4.79. The number of sulfone groups is 1. The minimum Gasteiger partial charge on any atom is -0.399 e. The molecule has 100 valence electrons. The maximum Gasteiger partial charge on any atom is 0.163 e. The molecule has 6 heteroatoms. The zero-order valence-corrected chi connectivity index (χ0v) is 12.6. The largest absolute Gasteiger partial charge is 0.399 e. The molecule has 0 heterocycles. The van der Waals surface area contributed by atoms with E-state index < -0.39 is 9.84 Å². The highest BCUT2D eigenvalue weighted by molar-refractivity contribution is 9.10. The Bertz CT molecular complexity index is 520. The Morgan fingerprint density at radius 3 is 2.56 bits per heavy atom. The van der Waals surface area contributed by atoms with Gasteiger partial charge >= 0.3 is 0 Å². The summed E-state index contributed by atoms with van der Waals surface area (Å²) in [5, 5.41) is 0. The van der Waals surface area contributed by atoms with Crippen LogP contribution in [0.2, 0.25) is 0 Å². The van der Waals surface area contributed by atoms with Crippen LogP contribution in [0.3, 0.4) is 0 Å². The summed E-state index contributed by atoms with van der Waals surface area (Å²) in [5.74, 6) is 0.0818. The van der Waals surface area contributed by atoms with Crippen LogP contribution in [0.15, 0.2) is 22.7 Å². The second kappa shape index (κ2) is 6.33. The number of Topliss-reactive ketones (excluding diaryl/α,β-unsaturated/α-hetero) is 1. The van der Waals surface area contributed by atoms with E-state index >= 15 is 0 Å². The first-order chi connectivity index (χ1) is 8.34. The molecule has 0 bridgehead atoms. The van der Waals surface area contributed by atoms with Gasteiger partial charge in [-0.15, -0.1) is 0 Å². The molecule has 0 radical (unpaired) electrons. The lowest BCUT2D eigenvalue weighted by atomic mass is 10.1. The normalized spacial score (nSPS) is 11.4. The average Bonchev–Trinajstić information content (AvgIpc) is 2.27. The monoisotopic (exact) mass is 333 g/mol. The van der Waals surface area contributed by atoms with Crippen LogP contribution in [0.5, 0.6) is 0 Å². The summed E-state index contributed by atoms with van der Waals surface area (Å²) in [5.41, 5.74) is 6.66. The fourth-order valence-electron chi connectivity index (χ4n) is 1.51. The van der Waals surface area contributed by atoms with Crippen molar-refractivity contribution in [3.8, 4) is 0 Å². The SMILES string of the molecule is CCS(=O)(=O)CCCC(=O)c1cc(N)cc(Br)c1. The third-order valence-electron chi connectivity index (χ3n) is 2.54. The van der Waals surface area contributed by atoms with Crippen LogP contribution in [-0.2, 0) is 9.84 Å². The van der Waals surface area contributed by atoms with E-state index in [1.165, 1.54) is 0 Å². The molecule has 2 N–H and O–H groups in total.